The van der Waals surface area contributed by atoms with E-state index in [0.717, 1.165) is 43.4 Å². The molecule has 1 N–H and O–H groups in total. The van der Waals surface area contributed by atoms with Crippen LogP contribution in [0.3, 0.4) is 0 Å². The molecule has 1 aromatic heterocycles. The van der Waals surface area contributed by atoms with E-state index in [1.54, 1.807) is 18.3 Å². The van der Waals surface area contributed by atoms with Crippen molar-refractivity contribution in [1.29, 1.82) is 0 Å². The molecule has 1 aromatic carbocycles. The average molecular weight is 363 g/mol. The van der Waals surface area contributed by atoms with Crippen LogP contribution in [0.15, 0.2) is 42.6 Å². The maximum Gasteiger partial charge on any atom is 0.573 e. The topological polar surface area (TPSA) is 42.4 Å². The minimum absolute atomic E-state index is 0.0845. The third-order valence-electron chi connectivity index (χ3n) is 5.84. The molecule has 2 aliphatic rings. The van der Waals surface area contributed by atoms with E-state index in [1.165, 1.54) is 12.1 Å². The number of pyridine rings is 1. The summed E-state index contributed by atoms with van der Waals surface area (Å²) < 4.78 is 41.7. The third kappa shape index (κ3) is 2.96. The van der Waals surface area contributed by atoms with E-state index in [4.69, 9.17) is 0 Å². The van der Waals surface area contributed by atoms with Crippen LogP contribution in [0.4, 0.5) is 13.2 Å². The van der Waals surface area contributed by atoms with E-state index >= 15 is 0 Å². The fourth-order valence-corrected chi connectivity index (χ4v) is 4.45. The van der Waals surface area contributed by atoms with E-state index in [2.05, 4.69) is 9.72 Å². The number of fused-ring (bicyclic) bond motifs is 1. The summed E-state index contributed by atoms with van der Waals surface area (Å²) in [5, 5.41) is 11.2. The Morgan fingerprint density at radius 2 is 2.00 bits per heavy atom. The zero-order chi connectivity index (χ0) is 18.4. The van der Waals surface area contributed by atoms with Gasteiger partial charge in [-0.05, 0) is 55.0 Å². The molecule has 1 fully saturated rings. The summed E-state index contributed by atoms with van der Waals surface area (Å²) in [4.78, 5) is 4.46. The van der Waals surface area contributed by atoms with Gasteiger partial charge >= 0.3 is 6.36 Å². The summed E-state index contributed by atoms with van der Waals surface area (Å²) in [6, 6.07) is 9.99. The molecule has 0 aliphatic heterocycles. The number of halogens is 3. The van der Waals surface area contributed by atoms with Crippen LogP contribution in [0.1, 0.15) is 48.4 Å². The highest BCUT2D eigenvalue weighted by Gasteiger charge is 2.49. The molecule has 1 saturated carbocycles. The van der Waals surface area contributed by atoms with Gasteiger partial charge in [0.2, 0.25) is 0 Å². The first-order chi connectivity index (χ1) is 12.4. The lowest BCUT2D eigenvalue weighted by molar-refractivity contribution is -0.274. The van der Waals surface area contributed by atoms with Gasteiger partial charge in [-0.3, -0.25) is 4.98 Å². The second-order valence-corrected chi connectivity index (χ2v) is 7.22. The molecule has 0 spiro atoms. The smallest absolute Gasteiger partial charge is 0.406 e. The van der Waals surface area contributed by atoms with E-state index in [0.29, 0.717) is 5.56 Å². The second-order valence-electron chi connectivity index (χ2n) is 7.22. The van der Waals surface area contributed by atoms with E-state index < -0.39 is 17.9 Å². The maximum absolute atomic E-state index is 12.6. The minimum Gasteiger partial charge on any atom is -0.406 e. The molecule has 0 bridgehead atoms. The van der Waals surface area contributed by atoms with Crippen molar-refractivity contribution < 1.29 is 23.0 Å². The van der Waals surface area contributed by atoms with Crippen molar-refractivity contribution in [2.24, 2.45) is 0 Å². The van der Waals surface area contributed by atoms with Gasteiger partial charge in [0, 0.05) is 23.2 Å². The van der Waals surface area contributed by atoms with Crippen molar-refractivity contribution in [3.63, 3.8) is 0 Å². The largest absolute Gasteiger partial charge is 0.573 e. The van der Waals surface area contributed by atoms with Crippen molar-refractivity contribution in [2.45, 2.75) is 55.9 Å². The summed E-state index contributed by atoms with van der Waals surface area (Å²) in [5.41, 5.74) is 2.26. The number of rotatable bonds is 4. The van der Waals surface area contributed by atoms with Gasteiger partial charge in [-0.25, -0.2) is 0 Å². The molecule has 0 saturated heterocycles. The standard InChI is InChI=1S/C20H20F3NO2/c21-20(22,23)26-15-6-1-5-14(12-15)19(9-3-10-19)18(25)16-8-7-13-4-2-11-24-17(13)16/h1-2,4-6,11-12,16,18,25H,3,7-10H2. The maximum atomic E-state index is 12.6. The summed E-state index contributed by atoms with van der Waals surface area (Å²) in [6.07, 6.45) is 0.474. The summed E-state index contributed by atoms with van der Waals surface area (Å²) in [6.45, 7) is 0. The zero-order valence-corrected chi connectivity index (χ0v) is 14.2. The van der Waals surface area contributed by atoms with E-state index in [9.17, 15) is 18.3 Å². The predicted molar refractivity (Wildman–Crippen MR) is 90.0 cm³/mol. The molecule has 2 unspecified atom stereocenters. The van der Waals surface area contributed by atoms with Crippen molar-refractivity contribution in [3.05, 3.63) is 59.4 Å². The Morgan fingerprint density at radius 1 is 1.19 bits per heavy atom. The Hall–Kier alpha value is -2.08. The Kier molecular flexibility index (Phi) is 4.18. The Labute approximate surface area is 149 Å². The molecule has 0 radical (unpaired) electrons. The summed E-state index contributed by atoms with van der Waals surface area (Å²) in [7, 11) is 0. The number of hydrogen-bond donors (Lipinski definition) is 1. The molecule has 138 valence electrons. The van der Waals surface area contributed by atoms with Crippen LogP contribution in [0.25, 0.3) is 0 Å². The monoisotopic (exact) mass is 363 g/mol. The van der Waals surface area contributed by atoms with Gasteiger partial charge in [0.15, 0.2) is 0 Å². The molecule has 2 atom stereocenters. The molecule has 2 aromatic rings. The molecule has 3 nitrogen and oxygen atoms in total. The van der Waals surface area contributed by atoms with Gasteiger partial charge in [-0.1, -0.05) is 24.6 Å². The average Bonchev–Trinajstić information content (AvgIpc) is 2.96. The molecule has 26 heavy (non-hydrogen) atoms. The van der Waals surface area contributed by atoms with Crippen LogP contribution in [0.5, 0.6) is 5.75 Å². The van der Waals surface area contributed by atoms with Crippen molar-refractivity contribution in [1.82, 2.24) is 4.98 Å². The highest BCUT2D eigenvalue weighted by molar-refractivity contribution is 5.39. The number of alkyl halides is 3. The number of aryl methyl sites for hydroxylation is 1. The first kappa shape index (κ1) is 17.3. The van der Waals surface area contributed by atoms with Crippen LogP contribution >= 0.6 is 0 Å². The van der Waals surface area contributed by atoms with E-state index in [1.807, 2.05) is 12.1 Å². The predicted octanol–water partition coefficient (Wildman–Crippen LogP) is 4.49. The number of ether oxygens (including phenoxy) is 1. The number of hydrogen-bond acceptors (Lipinski definition) is 3. The van der Waals surface area contributed by atoms with Gasteiger partial charge in [-0.2, -0.15) is 0 Å². The van der Waals surface area contributed by atoms with Crippen LogP contribution in [0.2, 0.25) is 0 Å². The number of nitrogens with zero attached hydrogens (tertiary/aromatic N) is 1. The van der Waals surface area contributed by atoms with E-state index in [-0.39, 0.29) is 11.7 Å². The van der Waals surface area contributed by atoms with Crippen molar-refractivity contribution in [2.75, 3.05) is 0 Å². The van der Waals surface area contributed by atoms with Crippen LogP contribution < -0.4 is 4.74 Å². The molecule has 4 rings (SSSR count). The summed E-state index contributed by atoms with van der Waals surface area (Å²) in [5.74, 6) is -0.322. The molecular weight excluding hydrogens is 343 g/mol. The summed E-state index contributed by atoms with van der Waals surface area (Å²) >= 11 is 0. The van der Waals surface area contributed by atoms with Gasteiger partial charge in [-0.15, -0.1) is 13.2 Å². The first-order valence-electron chi connectivity index (χ1n) is 8.87. The molecule has 6 heteroatoms. The molecule has 0 amide bonds. The minimum atomic E-state index is -4.72. The van der Waals surface area contributed by atoms with Gasteiger partial charge in [0.05, 0.1) is 6.10 Å². The lowest BCUT2D eigenvalue weighted by Crippen LogP contribution is -2.48. The van der Waals surface area contributed by atoms with Gasteiger partial charge < -0.3 is 9.84 Å². The third-order valence-corrected chi connectivity index (χ3v) is 5.84. The van der Waals surface area contributed by atoms with Crippen LogP contribution in [0, 0.1) is 0 Å². The number of aliphatic hydroxyl groups excluding tert-OH is 1. The quantitative estimate of drug-likeness (QED) is 0.870. The molecular formula is C20H20F3NO2. The van der Waals surface area contributed by atoms with Gasteiger partial charge in [0.1, 0.15) is 5.75 Å². The highest BCUT2D eigenvalue weighted by Crippen LogP contribution is 2.52. The second kappa shape index (κ2) is 6.27. The Bertz CT molecular complexity index is 802. The number of benzene rings is 1. The number of aliphatic hydroxyl groups is 1. The first-order valence-corrected chi connectivity index (χ1v) is 8.87. The normalized spacial score (nSPS) is 22.4. The molecule has 1 heterocycles. The highest BCUT2D eigenvalue weighted by atomic mass is 19.4. The Balaban J connectivity index is 1.65. The fourth-order valence-electron chi connectivity index (χ4n) is 4.45. The number of aromatic nitrogens is 1. The molecule has 2 aliphatic carbocycles. The van der Waals surface area contributed by atoms with Crippen LogP contribution in [-0.2, 0) is 11.8 Å². The Morgan fingerprint density at radius 3 is 2.69 bits per heavy atom. The van der Waals surface area contributed by atoms with Crippen molar-refractivity contribution >= 4 is 0 Å². The zero-order valence-electron chi connectivity index (χ0n) is 14.2. The lowest BCUT2D eigenvalue weighted by atomic mass is 9.58. The van der Waals surface area contributed by atoms with Crippen molar-refractivity contribution in [3.8, 4) is 5.75 Å². The van der Waals surface area contributed by atoms with Gasteiger partial charge in [0.25, 0.3) is 0 Å². The fraction of sp³-hybridized carbons (Fsp3) is 0.450. The lowest BCUT2D eigenvalue weighted by Gasteiger charge is -2.48. The SMILES string of the molecule is OC(C1CCc2cccnc21)C1(c2cccc(OC(F)(F)F)c2)CCC1. The van der Waals surface area contributed by atoms with Crippen LogP contribution in [-0.4, -0.2) is 22.6 Å².